The molecule has 1 amide bonds. The number of hydrogen-bond acceptors (Lipinski definition) is 5. The van der Waals surface area contributed by atoms with Gasteiger partial charge >= 0.3 is 6.36 Å². The first-order chi connectivity index (χ1) is 11.6. The SMILES string of the molecule is CN(CC(=O)N1CCNCC1)S(=O)(=O)c1cccc(OC(F)(F)F)c1. The van der Waals surface area contributed by atoms with Crippen LogP contribution in [0.4, 0.5) is 13.2 Å². The first-order valence-electron chi connectivity index (χ1n) is 7.40. The van der Waals surface area contributed by atoms with Gasteiger partial charge in [0.1, 0.15) is 5.75 Å². The minimum Gasteiger partial charge on any atom is -0.406 e. The number of nitrogens with zero attached hydrogens (tertiary/aromatic N) is 2. The van der Waals surface area contributed by atoms with E-state index in [1.54, 1.807) is 0 Å². The summed E-state index contributed by atoms with van der Waals surface area (Å²) in [5, 5.41) is 3.07. The first-order valence-corrected chi connectivity index (χ1v) is 8.84. The molecule has 1 fully saturated rings. The number of halogens is 3. The summed E-state index contributed by atoms with van der Waals surface area (Å²) in [7, 11) is -2.93. The molecule has 2 rings (SSSR count). The van der Waals surface area contributed by atoms with Crippen LogP contribution < -0.4 is 10.1 Å². The highest BCUT2D eigenvalue weighted by Crippen LogP contribution is 2.26. The molecule has 0 saturated carbocycles. The normalized spacial score (nSPS) is 16.1. The van der Waals surface area contributed by atoms with E-state index in [9.17, 15) is 26.4 Å². The highest BCUT2D eigenvalue weighted by molar-refractivity contribution is 7.89. The maximum absolute atomic E-state index is 12.5. The molecule has 11 heteroatoms. The smallest absolute Gasteiger partial charge is 0.406 e. The van der Waals surface area contributed by atoms with Crippen molar-refractivity contribution in [3.8, 4) is 5.75 Å². The maximum Gasteiger partial charge on any atom is 0.573 e. The van der Waals surface area contributed by atoms with E-state index in [0.717, 1.165) is 28.6 Å². The topological polar surface area (TPSA) is 79.0 Å². The van der Waals surface area contributed by atoms with E-state index >= 15 is 0 Å². The summed E-state index contributed by atoms with van der Waals surface area (Å²) in [5.41, 5.74) is 0. The monoisotopic (exact) mass is 381 g/mol. The molecule has 0 radical (unpaired) electrons. The fraction of sp³-hybridized carbons (Fsp3) is 0.500. The number of likely N-dealkylation sites (N-methyl/N-ethyl adjacent to an activating group) is 1. The number of ether oxygens (including phenoxy) is 1. The molecule has 25 heavy (non-hydrogen) atoms. The summed E-state index contributed by atoms with van der Waals surface area (Å²) < 4.78 is 66.3. The Bertz CT molecular complexity index is 718. The highest BCUT2D eigenvalue weighted by Gasteiger charge is 2.32. The molecule has 0 aliphatic carbocycles. The van der Waals surface area contributed by atoms with E-state index in [-0.39, 0.29) is 10.8 Å². The molecule has 0 spiro atoms. The molecule has 140 valence electrons. The summed E-state index contributed by atoms with van der Waals surface area (Å²) >= 11 is 0. The number of rotatable bonds is 5. The van der Waals surface area contributed by atoms with Crippen LogP contribution >= 0.6 is 0 Å². The second-order valence-electron chi connectivity index (χ2n) is 5.41. The molecule has 0 atom stereocenters. The quantitative estimate of drug-likeness (QED) is 0.810. The fourth-order valence-electron chi connectivity index (χ4n) is 2.30. The van der Waals surface area contributed by atoms with Gasteiger partial charge in [0.05, 0.1) is 11.4 Å². The molecule has 1 N–H and O–H groups in total. The molecule has 1 aromatic carbocycles. The molecule has 0 unspecified atom stereocenters. The Morgan fingerprint density at radius 2 is 1.96 bits per heavy atom. The first kappa shape index (κ1) is 19.5. The lowest BCUT2D eigenvalue weighted by Crippen LogP contribution is -2.49. The average molecular weight is 381 g/mol. The van der Waals surface area contributed by atoms with Crippen LogP contribution in [0.5, 0.6) is 5.75 Å². The minimum absolute atomic E-state index is 0.365. The van der Waals surface area contributed by atoms with Crippen molar-refractivity contribution in [1.29, 1.82) is 0 Å². The van der Waals surface area contributed by atoms with Gasteiger partial charge < -0.3 is 15.0 Å². The van der Waals surface area contributed by atoms with Gasteiger partial charge in [0.25, 0.3) is 0 Å². The van der Waals surface area contributed by atoms with Crippen molar-refractivity contribution in [2.45, 2.75) is 11.3 Å². The Labute approximate surface area is 143 Å². The zero-order valence-corrected chi connectivity index (χ0v) is 14.2. The summed E-state index contributed by atoms with van der Waals surface area (Å²) in [6, 6.07) is 4.05. The average Bonchev–Trinajstić information content (AvgIpc) is 2.54. The Morgan fingerprint density at radius 3 is 2.56 bits per heavy atom. The number of sulfonamides is 1. The second-order valence-corrected chi connectivity index (χ2v) is 7.46. The number of amides is 1. The van der Waals surface area contributed by atoms with E-state index in [4.69, 9.17) is 0 Å². The van der Waals surface area contributed by atoms with E-state index in [0.29, 0.717) is 26.2 Å². The van der Waals surface area contributed by atoms with Gasteiger partial charge in [-0.05, 0) is 12.1 Å². The van der Waals surface area contributed by atoms with Gasteiger partial charge in [-0.25, -0.2) is 8.42 Å². The Morgan fingerprint density at radius 1 is 1.32 bits per heavy atom. The van der Waals surface area contributed by atoms with Crippen molar-refractivity contribution in [3.05, 3.63) is 24.3 Å². The molecule has 1 aliphatic heterocycles. The summed E-state index contributed by atoms with van der Waals surface area (Å²) in [6.45, 7) is 1.80. The van der Waals surface area contributed by atoms with Crippen molar-refractivity contribution in [2.24, 2.45) is 0 Å². The number of benzene rings is 1. The van der Waals surface area contributed by atoms with Crippen LogP contribution in [0.15, 0.2) is 29.2 Å². The van der Waals surface area contributed by atoms with Crippen molar-refractivity contribution in [2.75, 3.05) is 39.8 Å². The number of carbonyl (C=O) groups excluding carboxylic acids is 1. The number of nitrogens with one attached hydrogen (secondary N) is 1. The van der Waals surface area contributed by atoms with Crippen LogP contribution in [-0.2, 0) is 14.8 Å². The minimum atomic E-state index is -4.92. The van der Waals surface area contributed by atoms with Crippen molar-refractivity contribution in [1.82, 2.24) is 14.5 Å². The summed E-state index contributed by atoms with van der Waals surface area (Å²) in [6.07, 6.45) is -4.92. The predicted molar refractivity (Wildman–Crippen MR) is 82.4 cm³/mol. The van der Waals surface area contributed by atoms with E-state index in [1.807, 2.05) is 0 Å². The van der Waals surface area contributed by atoms with Crippen LogP contribution in [0.1, 0.15) is 0 Å². The Kier molecular flexibility index (Phi) is 5.91. The lowest BCUT2D eigenvalue weighted by molar-refractivity contribution is -0.274. The molecular weight excluding hydrogens is 363 g/mol. The lowest BCUT2D eigenvalue weighted by Gasteiger charge is -2.29. The number of carbonyl (C=O) groups is 1. The molecule has 1 heterocycles. The van der Waals surface area contributed by atoms with Crippen LogP contribution in [0.25, 0.3) is 0 Å². The van der Waals surface area contributed by atoms with Gasteiger partial charge in [0, 0.05) is 39.3 Å². The molecule has 1 aliphatic rings. The Balaban J connectivity index is 2.11. The molecule has 7 nitrogen and oxygen atoms in total. The van der Waals surface area contributed by atoms with E-state index in [2.05, 4.69) is 10.1 Å². The molecule has 1 saturated heterocycles. The van der Waals surface area contributed by atoms with Crippen LogP contribution in [0, 0.1) is 0 Å². The van der Waals surface area contributed by atoms with Crippen molar-refractivity contribution >= 4 is 15.9 Å². The summed E-state index contributed by atoms with van der Waals surface area (Å²) in [5.74, 6) is -1.01. The van der Waals surface area contributed by atoms with E-state index < -0.39 is 28.7 Å². The Hall–Kier alpha value is -1.85. The maximum atomic E-state index is 12.5. The summed E-state index contributed by atoms with van der Waals surface area (Å²) in [4.78, 5) is 13.3. The zero-order valence-electron chi connectivity index (χ0n) is 13.4. The van der Waals surface area contributed by atoms with Crippen LogP contribution in [-0.4, -0.2) is 69.7 Å². The van der Waals surface area contributed by atoms with Crippen LogP contribution in [0.2, 0.25) is 0 Å². The largest absolute Gasteiger partial charge is 0.573 e. The van der Waals surface area contributed by atoms with Crippen molar-refractivity contribution < 1.29 is 31.1 Å². The second kappa shape index (κ2) is 7.58. The highest BCUT2D eigenvalue weighted by atomic mass is 32.2. The van der Waals surface area contributed by atoms with Gasteiger partial charge in [-0.3, -0.25) is 4.79 Å². The van der Waals surface area contributed by atoms with Crippen molar-refractivity contribution in [3.63, 3.8) is 0 Å². The molecule has 1 aromatic rings. The third kappa shape index (κ3) is 5.31. The standard InChI is InChI=1S/C14H18F3N3O4S/c1-19(10-13(21)20-7-5-18-6-8-20)25(22,23)12-4-2-3-11(9-12)24-14(15,16)17/h2-4,9,18H,5-8,10H2,1H3. The van der Waals surface area contributed by atoms with Gasteiger partial charge in [-0.15, -0.1) is 13.2 Å². The van der Waals surface area contributed by atoms with Gasteiger partial charge in [0.2, 0.25) is 15.9 Å². The van der Waals surface area contributed by atoms with Gasteiger partial charge in [-0.1, -0.05) is 6.07 Å². The molecule has 0 bridgehead atoms. The number of piperazine rings is 1. The zero-order chi connectivity index (χ0) is 18.7. The molecule has 0 aromatic heterocycles. The van der Waals surface area contributed by atoms with E-state index in [1.165, 1.54) is 11.9 Å². The third-order valence-electron chi connectivity index (χ3n) is 3.57. The molecular formula is C14H18F3N3O4S. The predicted octanol–water partition coefficient (Wildman–Crippen LogP) is 0.638. The fourth-order valence-corrected chi connectivity index (χ4v) is 3.46. The third-order valence-corrected chi connectivity index (χ3v) is 5.37. The number of hydrogen-bond donors (Lipinski definition) is 1. The lowest BCUT2D eigenvalue weighted by atomic mass is 10.3. The van der Waals surface area contributed by atoms with Crippen LogP contribution in [0.3, 0.4) is 0 Å². The van der Waals surface area contributed by atoms with Gasteiger partial charge in [0.15, 0.2) is 0 Å². The number of alkyl halides is 3. The van der Waals surface area contributed by atoms with Gasteiger partial charge in [-0.2, -0.15) is 4.31 Å².